The Morgan fingerprint density at radius 3 is 2.29 bits per heavy atom. The molecule has 3 rings (SSSR count). The molecule has 2 aliphatic carbocycles. The molecule has 3 aliphatic rings. The number of hydrogen-bond donors (Lipinski definition) is 0. The molecule has 0 N–H and O–H groups in total. The Morgan fingerprint density at radius 1 is 1.12 bits per heavy atom. The van der Waals surface area contributed by atoms with Gasteiger partial charge in [-0.1, -0.05) is 12.8 Å². The first-order valence-electron chi connectivity index (χ1n) is 6.73. The van der Waals surface area contributed by atoms with Crippen molar-refractivity contribution in [1.29, 1.82) is 0 Å². The number of hydrogen-bond acceptors (Lipinski definition) is 3. The van der Waals surface area contributed by atoms with Gasteiger partial charge in [0.2, 0.25) is 0 Å². The van der Waals surface area contributed by atoms with Gasteiger partial charge in [0, 0.05) is 5.25 Å². The van der Waals surface area contributed by atoms with E-state index in [0.717, 1.165) is 0 Å². The topological polar surface area (TPSA) is 26.3 Å². The first kappa shape index (κ1) is 12.0. The molecular weight excluding hydrogens is 232 g/mol. The van der Waals surface area contributed by atoms with Crippen LogP contribution in [0.2, 0.25) is 0 Å². The van der Waals surface area contributed by atoms with Crippen LogP contribution in [-0.2, 0) is 9.53 Å². The summed E-state index contributed by atoms with van der Waals surface area (Å²) in [7, 11) is 0. The number of Topliss-reactive ketones (excluding diaryl/α,β-unsaturated/α-hetero) is 1. The lowest BCUT2D eigenvalue weighted by molar-refractivity contribution is -0.213. The average molecular weight is 254 g/mol. The fourth-order valence-electron chi connectivity index (χ4n) is 4.17. The highest BCUT2D eigenvalue weighted by atomic mass is 32.2. The van der Waals surface area contributed by atoms with Crippen molar-refractivity contribution < 1.29 is 9.53 Å². The molecule has 3 heteroatoms. The predicted octanol–water partition coefficient (Wildman–Crippen LogP) is 3.39. The van der Waals surface area contributed by atoms with E-state index in [1.807, 2.05) is 11.8 Å². The van der Waals surface area contributed by atoms with Crippen LogP contribution in [0, 0.1) is 10.8 Å². The van der Waals surface area contributed by atoms with Crippen molar-refractivity contribution >= 4 is 17.5 Å². The van der Waals surface area contributed by atoms with Gasteiger partial charge in [-0.05, 0) is 40.5 Å². The Hall–Kier alpha value is -0.0200. The standard InChI is InChI=1S/C14H22O2S/c1-12(2)11(15)13(3,4)14(12)16-9-7-5-6-8-10(9)17-14/h9-10H,5-8H2,1-4H3/t9-,10-/m1/s1. The van der Waals surface area contributed by atoms with E-state index in [-0.39, 0.29) is 15.8 Å². The third kappa shape index (κ3) is 1.20. The Morgan fingerprint density at radius 2 is 1.71 bits per heavy atom. The summed E-state index contributed by atoms with van der Waals surface area (Å²) in [6, 6.07) is 0. The summed E-state index contributed by atoms with van der Waals surface area (Å²) in [6.07, 6.45) is 5.44. The molecule has 1 aliphatic heterocycles. The van der Waals surface area contributed by atoms with Gasteiger partial charge in [0.25, 0.3) is 0 Å². The zero-order chi connectivity index (χ0) is 12.5. The van der Waals surface area contributed by atoms with Gasteiger partial charge in [0.15, 0.2) is 5.78 Å². The first-order valence-corrected chi connectivity index (χ1v) is 7.61. The Balaban J connectivity index is 1.95. The lowest BCUT2D eigenvalue weighted by Gasteiger charge is -2.62. The zero-order valence-electron chi connectivity index (χ0n) is 11.2. The minimum Gasteiger partial charge on any atom is -0.358 e. The van der Waals surface area contributed by atoms with Gasteiger partial charge in [0.1, 0.15) is 4.93 Å². The summed E-state index contributed by atoms with van der Waals surface area (Å²) in [5.74, 6) is 0.358. The Labute approximate surface area is 108 Å². The molecule has 0 radical (unpaired) electrons. The number of ether oxygens (including phenoxy) is 1. The normalized spacial score (nSPS) is 41.1. The average Bonchev–Trinajstić information content (AvgIpc) is 2.69. The fourth-order valence-corrected chi connectivity index (χ4v) is 6.18. The second-order valence-corrected chi connectivity index (χ2v) is 8.21. The molecule has 0 aromatic rings. The van der Waals surface area contributed by atoms with Gasteiger partial charge in [-0.2, -0.15) is 0 Å². The largest absolute Gasteiger partial charge is 0.358 e. The third-order valence-corrected chi connectivity index (χ3v) is 7.35. The van der Waals surface area contributed by atoms with Gasteiger partial charge >= 0.3 is 0 Å². The number of ketones is 1. The minimum atomic E-state index is -0.321. The van der Waals surface area contributed by atoms with E-state index in [1.54, 1.807) is 0 Å². The van der Waals surface area contributed by atoms with Crippen LogP contribution in [0.4, 0.5) is 0 Å². The second kappa shape index (κ2) is 3.30. The second-order valence-electron chi connectivity index (χ2n) is 6.79. The van der Waals surface area contributed by atoms with Crippen LogP contribution in [0.25, 0.3) is 0 Å². The van der Waals surface area contributed by atoms with Crippen molar-refractivity contribution in [3.05, 3.63) is 0 Å². The lowest BCUT2D eigenvalue weighted by atomic mass is 9.51. The summed E-state index contributed by atoms with van der Waals surface area (Å²) < 4.78 is 6.43. The predicted molar refractivity (Wildman–Crippen MR) is 70.0 cm³/mol. The highest BCUT2D eigenvalue weighted by molar-refractivity contribution is 8.01. The highest BCUT2D eigenvalue weighted by Gasteiger charge is 2.77. The number of carbonyl (C=O) groups is 1. The maximum absolute atomic E-state index is 12.3. The molecular formula is C14H22O2S. The molecule has 17 heavy (non-hydrogen) atoms. The van der Waals surface area contributed by atoms with Crippen LogP contribution >= 0.6 is 11.8 Å². The van der Waals surface area contributed by atoms with Crippen molar-refractivity contribution in [2.75, 3.05) is 0 Å². The van der Waals surface area contributed by atoms with Gasteiger partial charge in [0.05, 0.1) is 16.9 Å². The zero-order valence-corrected chi connectivity index (χ0v) is 12.0. The van der Waals surface area contributed by atoms with Crippen molar-refractivity contribution in [2.24, 2.45) is 10.8 Å². The molecule has 96 valence electrons. The fraction of sp³-hybridized carbons (Fsp3) is 0.929. The van der Waals surface area contributed by atoms with Gasteiger partial charge < -0.3 is 4.74 Å². The van der Waals surface area contributed by atoms with E-state index in [4.69, 9.17) is 4.74 Å². The van der Waals surface area contributed by atoms with E-state index >= 15 is 0 Å². The molecule has 3 fully saturated rings. The number of rotatable bonds is 0. The molecule has 0 bridgehead atoms. The summed E-state index contributed by atoms with van der Waals surface area (Å²) >= 11 is 1.96. The van der Waals surface area contributed by atoms with Crippen molar-refractivity contribution in [1.82, 2.24) is 0 Å². The van der Waals surface area contributed by atoms with Crippen molar-refractivity contribution in [3.8, 4) is 0 Å². The van der Waals surface area contributed by atoms with Crippen LogP contribution in [0.3, 0.4) is 0 Å². The number of thioether (sulfide) groups is 1. The SMILES string of the molecule is CC1(C)C(=O)C(C)(C)C12O[C@@H]1CCCC[C@H]1S2. The smallest absolute Gasteiger partial charge is 0.151 e. The van der Waals surface area contributed by atoms with E-state index in [0.29, 0.717) is 17.1 Å². The van der Waals surface area contributed by atoms with E-state index < -0.39 is 0 Å². The molecule has 0 aromatic carbocycles. The quantitative estimate of drug-likeness (QED) is 0.663. The molecule has 1 spiro atoms. The summed E-state index contributed by atoms with van der Waals surface area (Å²) in [6.45, 7) is 8.24. The Bertz CT molecular complexity index is 338. The van der Waals surface area contributed by atoms with Gasteiger partial charge in [-0.25, -0.2) is 0 Å². The molecule has 2 nitrogen and oxygen atoms in total. The van der Waals surface area contributed by atoms with E-state index in [9.17, 15) is 4.79 Å². The van der Waals surface area contributed by atoms with Crippen molar-refractivity contribution in [2.45, 2.75) is 69.7 Å². The molecule has 1 saturated heterocycles. The van der Waals surface area contributed by atoms with Gasteiger partial charge in [-0.15, -0.1) is 11.8 Å². The van der Waals surface area contributed by atoms with Crippen LogP contribution < -0.4 is 0 Å². The maximum atomic E-state index is 12.3. The van der Waals surface area contributed by atoms with Crippen LogP contribution in [0.1, 0.15) is 53.4 Å². The summed E-state index contributed by atoms with van der Waals surface area (Å²) in [5, 5.41) is 0.621. The molecule has 2 saturated carbocycles. The highest BCUT2D eigenvalue weighted by Crippen LogP contribution is 2.71. The van der Waals surface area contributed by atoms with Crippen LogP contribution in [0.15, 0.2) is 0 Å². The molecule has 0 aromatic heterocycles. The molecule has 0 unspecified atom stereocenters. The van der Waals surface area contributed by atoms with Gasteiger partial charge in [-0.3, -0.25) is 4.79 Å². The molecule has 0 amide bonds. The maximum Gasteiger partial charge on any atom is 0.151 e. The van der Waals surface area contributed by atoms with Crippen LogP contribution in [-0.4, -0.2) is 22.1 Å². The van der Waals surface area contributed by atoms with Crippen LogP contribution in [0.5, 0.6) is 0 Å². The first-order chi connectivity index (χ1) is 7.83. The number of carbonyl (C=O) groups excluding carboxylic acids is 1. The van der Waals surface area contributed by atoms with E-state index in [1.165, 1.54) is 25.7 Å². The third-order valence-electron chi connectivity index (χ3n) is 5.06. The Kier molecular flexibility index (Phi) is 2.33. The molecule has 1 heterocycles. The number of fused-ring (bicyclic) bond motifs is 1. The van der Waals surface area contributed by atoms with Crippen molar-refractivity contribution in [3.63, 3.8) is 0 Å². The van der Waals surface area contributed by atoms with E-state index in [2.05, 4.69) is 27.7 Å². The summed E-state index contributed by atoms with van der Waals surface area (Å²) in [5.41, 5.74) is -0.642. The monoisotopic (exact) mass is 254 g/mol. The molecule has 2 atom stereocenters. The summed E-state index contributed by atoms with van der Waals surface area (Å²) in [4.78, 5) is 12.0. The minimum absolute atomic E-state index is 0.267. The lowest BCUT2D eigenvalue weighted by Crippen LogP contribution is -2.72.